The lowest BCUT2D eigenvalue weighted by Crippen LogP contribution is -1.98. The Bertz CT molecular complexity index is 400. The fourth-order valence-electron chi connectivity index (χ4n) is 0.951. The molecule has 0 aliphatic heterocycles. The molecule has 2 aromatic heterocycles. The zero-order valence-electron chi connectivity index (χ0n) is 7.37. The highest BCUT2D eigenvalue weighted by Gasteiger charge is 2.01. The Kier molecular flexibility index (Phi) is 2.64. The Balaban J connectivity index is 2.02. The minimum absolute atomic E-state index is 0.463. The average molecular weight is 207 g/mol. The van der Waals surface area contributed by atoms with Crippen LogP contribution in [0.25, 0.3) is 0 Å². The van der Waals surface area contributed by atoms with Gasteiger partial charge in [0.2, 0.25) is 0 Å². The summed E-state index contributed by atoms with van der Waals surface area (Å²) in [4.78, 5) is 8.06. The van der Waals surface area contributed by atoms with Gasteiger partial charge in [0.15, 0.2) is 5.82 Å². The first-order valence-corrected chi connectivity index (χ1v) is 5.01. The van der Waals surface area contributed by atoms with E-state index < -0.39 is 0 Å². The molecule has 0 bridgehead atoms. The molecular formula is C8H9N5S. The Labute approximate surface area is 85.4 Å². The van der Waals surface area contributed by atoms with Crippen LogP contribution in [0.1, 0.15) is 0 Å². The number of rotatable bonds is 3. The zero-order valence-corrected chi connectivity index (χ0v) is 8.18. The minimum atomic E-state index is 0.463. The summed E-state index contributed by atoms with van der Waals surface area (Å²) in [6, 6.07) is 1.88. The van der Waals surface area contributed by atoms with Gasteiger partial charge in [-0.05, 0) is 6.07 Å². The molecule has 0 atom stereocenters. The first kappa shape index (κ1) is 9.01. The van der Waals surface area contributed by atoms with Gasteiger partial charge in [0.25, 0.3) is 0 Å². The number of aromatic nitrogens is 4. The van der Waals surface area contributed by atoms with Crippen LogP contribution in [-0.4, -0.2) is 19.7 Å². The van der Waals surface area contributed by atoms with Crippen molar-refractivity contribution in [1.29, 1.82) is 0 Å². The molecule has 72 valence electrons. The number of nitrogens with two attached hydrogens (primary N) is 1. The molecule has 0 spiro atoms. The van der Waals surface area contributed by atoms with E-state index in [4.69, 9.17) is 5.73 Å². The Morgan fingerprint density at radius 1 is 1.29 bits per heavy atom. The summed E-state index contributed by atoms with van der Waals surface area (Å²) in [6.45, 7) is 0. The third-order valence-corrected chi connectivity index (χ3v) is 2.57. The van der Waals surface area contributed by atoms with E-state index in [2.05, 4.69) is 15.1 Å². The van der Waals surface area contributed by atoms with Gasteiger partial charge in [0, 0.05) is 24.8 Å². The van der Waals surface area contributed by atoms with E-state index in [0.717, 1.165) is 5.03 Å². The van der Waals surface area contributed by atoms with Crippen molar-refractivity contribution in [2.45, 2.75) is 10.9 Å². The van der Waals surface area contributed by atoms with E-state index in [9.17, 15) is 0 Å². The molecule has 0 aliphatic carbocycles. The standard InChI is InChI=1S/C8H9N5S/c9-7-8(11-4-3-10-7)14-6-13-5-1-2-12-13/h1-5H,6H2,(H2,9,10). The van der Waals surface area contributed by atoms with E-state index in [1.807, 2.05) is 12.3 Å². The third-order valence-electron chi connectivity index (χ3n) is 1.58. The summed E-state index contributed by atoms with van der Waals surface area (Å²) in [5.41, 5.74) is 5.64. The van der Waals surface area contributed by atoms with Gasteiger partial charge in [-0.25, -0.2) is 9.97 Å². The van der Waals surface area contributed by atoms with Gasteiger partial charge in [-0.3, -0.25) is 4.68 Å². The maximum absolute atomic E-state index is 5.64. The van der Waals surface area contributed by atoms with Crippen molar-refractivity contribution < 1.29 is 0 Å². The van der Waals surface area contributed by atoms with Gasteiger partial charge >= 0.3 is 0 Å². The highest BCUT2D eigenvalue weighted by atomic mass is 32.2. The summed E-state index contributed by atoms with van der Waals surface area (Å²) in [5.74, 6) is 1.15. The van der Waals surface area contributed by atoms with Crippen LogP contribution in [0.5, 0.6) is 0 Å². The molecule has 2 heterocycles. The molecule has 2 N–H and O–H groups in total. The number of anilines is 1. The Morgan fingerprint density at radius 3 is 2.86 bits per heavy atom. The molecule has 14 heavy (non-hydrogen) atoms. The summed E-state index contributed by atoms with van der Waals surface area (Å²) in [7, 11) is 0. The SMILES string of the molecule is Nc1nccnc1SCn1cccn1. The fourth-order valence-corrected chi connectivity index (χ4v) is 1.69. The second-order valence-corrected chi connectivity index (χ2v) is 3.50. The molecule has 6 heteroatoms. The molecule has 0 unspecified atom stereocenters. The first-order chi connectivity index (χ1) is 6.86. The molecule has 0 aliphatic rings. The zero-order chi connectivity index (χ0) is 9.80. The molecule has 0 saturated carbocycles. The lowest BCUT2D eigenvalue weighted by Gasteiger charge is -2.02. The van der Waals surface area contributed by atoms with Crippen LogP contribution >= 0.6 is 11.8 Å². The third kappa shape index (κ3) is 2.02. The van der Waals surface area contributed by atoms with Gasteiger partial charge < -0.3 is 5.73 Å². The summed E-state index contributed by atoms with van der Waals surface area (Å²) in [5, 5.41) is 4.81. The lowest BCUT2D eigenvalue weighted by molar-refractivity contribution is 0.749. The largest absolute Gasteiger partial charge is 0.381 e. The van der Waals surface area contributed by atoms with E-state index in [1.54, 1.807) is 23.3 Å². The maximum Gasteiger partial charge on any atom is 0.156 e. The summed E-state index contributed by atoms with van der Waals surface area (Å²) >= 11 is 1.51. The van der Waals surface area contributed by atoms with Crippen LogP contribution in [-0.2, 0) is 5.88 Å². The van der Waals surface area contributed by atoms with Crippen molar-refractivity contribution in [1.82, 2.24) is 19.7 Å². The second-order valence-electron chi connectivity index (χ2n) is 2.57. The van der Waals surface area contributed by atoms with Gasteiger partial charge in [-0.15, -0.1) is 0 Å². The molecule has 2 rings (SSSR count). The highest BCUT2D eigenvalue weighted by molar-refractivity contribution is 7.98. The summed E-state index contributed by atoms with van der Waals surface area (Å²) < 4.78 is 1.80. The number of hydrogen-bond acceptors (Lipinski definition) is 5. The predicted molar refractivity (Wildman–Crippen MR) is 54.5 cm³/mol. The van der Waals surface area contributed by atoms with Crippen LogP contribution in [0, 0.1) is 0 Å². The van der Waals surface area contributed by atoms with Crippen molar-refractivity contribution in [3.05, 3.63) is 30.9 Å². The molecule has 2 aromatic rings. The molecular weight excluding hydrogens is 198 g/mol. The number of nitrogen functional groups attached to an aromatic ring is 1. The Hall–Kier alpha value is -1.56. The predicted octanol–water partition coefficient (Wildman–Crippen LogP) is 1.01. The van der Waals surface area contributed by atoms with Crippen LogP contribution in [0.15, 0.2) is 35.9 Å². The van der Waals surface area contributed by atoms with E-state index >= 15 is 0 Å². The van der Waals surface area contributed by atoms with Crippen molar-refractivity contribution in [2.24, 2.45) is 0 Å². The minimum Gasteiger partial charge on any atom is -0.381 e. The van der Waals surface area contributed by atoms with Crippen molar-refractivity contribution in [3.63, 3.8) is 0 Å². The molecule has 0 saturated heterocycles. The van der Waals surface area contributed by atoms with E-state index in [0.29, 0.717) is 11.7 Å². The molecule has 5 nitrogen and oxygen atoms in total. The van der Waals surface area contributed by atoms with Crippen molar-refractivity contribution >= 4 is 17.6 Å². The monoisotopic (exact) mass is 207 g/mol. The maximum atomic E-state index is 5.64. The topological polar surface area (TPSA) is 69.6 Å². The van der Waals surface area contributed by atoms with Crippen LogP contribution in [0.3, 0.4) is 0 Å². The molecule has 0 amide bonds. The summed E-state index contributed by atoms with van der Waals surface area (Å²) in [6.07, 6.45) is 6.83. The molecule has 0 fully saturated rings. The average Bonchev–Trinajstić information content (AvgIpc) is 2.69. The van der Waals surface area contributed by atoms with Crippen LogP contribution in [0.4, 0.5) is 5.82 Å². The number of nitrogens with zero attached hydrogens (tertiary/aromatic N) is 4. The Morgan fingerprint density at radius 2 is 2.14 bits per heavy atom. The molecule has 0 aromatic carbocycles. The van der Waals surface area contributed by atoms with E-state index in [-0.39, 0.29) is 0 Å². The van der Waals surface area contributed by atoms with Crippen molar-refractivity contribution in [3.8, 4) is 0 Å². The lowest BCUT2D eigenvalue weighted by atomic mass is 10.7. The fraction of sp³-hybridized carbons (Fsp3) is 0.125. The van der Waals surface area contributed by atoms with Crippen LogP contribution in [0.2, 0.25) is 0 Å². The van der Waals surface area contributed by atoms with Crippen LogP contribution < -0.4 is 5.73 Å². The smallest absolute Gasteiger partial charge is 0.156 e. The molecule has 0 radical (unpaired) electrons. The van der Waals surface area contributed by atoms with E-state index in [1.165, 1.54) is 11.8 Å². The second kappa shape index (κ2) is 4.10. The van der Waals surface area contributed by atoms with Gasteiger partial charge in [0.1, 0.15) is 5.03 Å². The van der Waals surface area contributed by atoms with Gasteiger partial charge in [-0.1, -0.05) is 11.8 Å². The highest BCUT2D eigenvalue weighted by Crippen LogP contribution is 2.20. The quantitative estimate of drug-likeness (QED) is 0.760. The number of thioether (sulfide) groups is 1. The normalized spacial score (nSPS) is 10.3. The first-order valence-electron chi connectivity index (χ1n) is 4.03. The van der Waals surface area contributed by atoms with Crippen molar-refractivity contribution in [2.75, 3.05) is 5.73 Å². The van der Waals surface area contributed by atoms with Gasteiger partial charge in [0.05, 0.1) is 5.88 Å². The van der Waals surface area contributed by atoms with Gasteiger partial charge in [-0.2, -0.15) is 5.10 Å². The number of hydrogen-bond donors (Lipinski definition) is 1.